The van der Waals surface area contributed by atoms with Crippen molar-refractivity contribution < 1.29 is 13.2 Å². The van der Waals surface area contributed by atoms with Crippen molar-refractivity contribution in [2.24, 2.45) is 5.73 Å². The quantitative estimate of drug-likeness (QED) is 0.706. The Bertz CT molecular complexity index is 313. The van der Waals surface area contributed by atoms with E-state index >= 15 is 0 Å². The van der Waals surface area contributed by atoms with Gasteiger partial charge in [-0.25, -0.2) is 13.2 Å². The molecule has 1 rings (SSSR count). The van der Waals surface area contributed by atoms with Crippen molar-refractivity contribution in [3.8, 4) is 0 Å². The Morgan fingerprint density at radius 3 is 2.08 bits per heavy atom. The second-order valence-corrected chi connectivity index (χ2v) is 2.54. The fourth-order valence-electron chi connectivity index (χ4n) is 0.990. The van der Waals surface area contributed by atoms with Crippen LogP contribution in [0.1, 0.15) is 11.6 Å². The van der Waals surface area contributed by atoms with Gasteiger partial charge >= 0.3 is 0 Å². The minimum Gasteiger partial charge on any atom is -0.321 e. The van der Waals surface area contributed by atoms with Crippen molar-refractivity contribution >= 4 is 0 Å². The van der Waals surface area contributed by atoms with E-state index in [0.29, 0.717) is 12.1 Å². The van der Waals surface area contributed by atoms with Crippen molar-refractivity contribution in [1.29, 1.82) is 0 Å². The molecule has 0 aliphatic rings. The zero-order valence-electron chi connectivity index (χ0n) is 6.73. The average Bonchev–Trinajstić information content (AvgIpc) is 2.02. The molecule has 70 valence electrons. The summed E-state index contributed by atoms with van der Waals surface area (Å²) in [6.07, 6.45) is 1.18. The molecule has 1 aromatic carbocycles. The van der Waals surface area contributed by atoms with Gasteiger partial charge in [0.15, 0.2) is 0 Å². The van der Waals surface area contributed by atoms with Crippen LogP contribution < -0.4 is 5.73 Å². The topological polar surface area (TPSA) is 26.0 Å². The zero-order valence-corrected chi connectivity index (χ0v) is 6.73. The first-order valence-corrected chi connectivity index (χ1v) is 3.59. The van der Waals surface area contributed by atoms with Gasteiger partial charge in [-0.3, -0.25) is 0 Å². The summed E-state index contributed by atoms with van der Waals surface area (Å²) in [4.78, 5) is 0. The number of halogens is 3. The van der Waals surface area contributed by atoms with Crippen LogP contribution in [-0.2, 0) is 0 Å². The van der Waals surface area contributed by atoms with E-state index in [1.165, 1.54) is 6.08 Å². The van der Waals surface area contributed by atoms with E-state index in [2.05, 4.69) is 6.58 Å². The Hall–Kier alpha value is -1.29. The summed E-state index contributed by atoms with van der Waals surface area (Å²) in [5, 5.41) is 0. The van der Waals surface area contributed by atoms with Crippen LogP contribution >= 0.6 is 0 Å². The molecule has 1 atom stereocenters. The lowest BCUT2D eigenvalue weighted by Crippen LogP contribution is -2.11. The molecule has 0 aliphatic carbocycles. The smallest absolute Gasteiger partial charge is 0.134 e. The van der Waals surface area contributed by atoms with Crippen LogP contribution in [0.4, 0.5) is 13.2 Å². The second-order valence-electron chi connectivity index (χ2n) is 2.54. The first kappa shape index (κ1) is 9.80. The molecule has 0 amide bonds. The number of rotatable bonds is 2. The monoisotopic (exact) mass is 187 g/mol. The predicted octanol–water partition coefficient (Wildman–Crippen LogP) is 2.29. The maximum Gasteiger partial charge on any atom is 0.134 e. The molecular formula is C9H8F3N. The first-order chi connectivity index (χ1) is 6.06. The molecule has 1 nitrogen and oxygen atoms in total. The van der Waals surface area contributed by atoms with Crippen LogP contribution in [0.2, 0.25) is 0 Å². The lowest BCUT2D eigenvalue weighted by Gasteiger charge is -2.08. The van der Waals surface area contributed by atoms with Crippen molar-refractivity contribution in [2.45, 2.75) is 6.04 Å². The SMILES string of the molecule is C=CC(N)c1c(F)cc(F)cc1F. The molecule has 13 heavy (non-hydrogen) atoms. The van der Waals surface area contributed by atoms with E-state index in [4.69, 9.17) is 5.73 Å². The molecular weight excluding hydrogens is 179 g/mol. The number of hydrogen-bond donors (Lipinski definition) is 1. The van der Waals surface area contributed by atoms with Gasteiger partial charge < -0.3 is 5.73 Å². The van der Waals surface area contributed by atoms with Crippen molar-refractivity contribution in [3.63, 3.8) is 0 Å². The van der Waals surface area contributed by atoms with Crippen LogP contribution in [0.5, 0.6) is 0 Å². The summed E-state index contributed by atoms with van der Waals surface area (Å²) in [6, 6.07) is 0.212. The molecule has 0 aromatic heterocycles. The Morgan fingerprint density at radius 2 is 1.69 bits per heavy atom. The molecule has 0 aliphatic heterocycles. The van der Waals surface area contributed by atoms with Crippen molar-refractivity contribution in [2.75, 3.05) is 0 Å². The first-order valence-electron chi connectivity index (χ1n) is 3.59. The molecule has 0 saturated heterocycles. The lowest BCUT2D eigenvalue weighted by molar-refractivity contribution is 0.517. The highest BCUT2D eigenvalue weighted by Gasteiger charge is 2.15. The summed E-state index contributed by atoms with van der Waals surface area (Å²) in [7, 11) is 0. The highest BCUT2D eigenvalue weighted by Crippen LogP contribution is 2.20. The molecule has 1 unspecified atom stereocenters. The fraction of sp³-hybridized carbons (Fsp3) is 0.111. The van der Waals surface area contributed by atoms with E-state index in [0.717, 1.165) is 0 Å². The Morgan fingerprint density at radius 1 is 1.23 bits per heavy atom. The number of hydrogen-bond acceptors (Lipinski definition) is 1. The zero-order chi connectivity index (χ0) is 10.0. The maximum absolute atomic E-state index is 12.9. The van der Waals surface area contributed by atoms with Gasteiger partial charge in [0.2, 0.25) is 0 Å². The van der Waals surface area contributed by atoms with Crippen LogP contribution in [0.3, 0.4) is 0 Å². The van der Waals surface area contributed by atoms with Gasteiger partial charge in [0.25, 0.3) is 0 Å². The van der Waals surface area contributed by atoms with Crippen molar-refractivity contribution in [1.82, 2.24) is 0 Å². The third-order valence-electron chi connectivity index (χ3n) is 1.63. The fourth-order valence-corrected chi connectivity index (χ4v) is 0.990. The maximum atomic E-state index is 12.9. The highest BCUT2D eigenvalue weighted by molar-refractivity contribution is 5.26. The Labute approximate surface area is 73.7 Å². The third-order valence-corrected chi connectivity index (χ3v) is 1.63. The van der Waals surface area contributed by atoms with Gasteiger partial charge in [-0.1, -0.05) is 6.08 Å². The molecule has 1 aromatic rings. The van der Waals surface area contributed by atoms with E-state index in [9.17, 15) is 13.2 Å². The molecule has 0 saturated carbocycles. The van der Waals surface area contributed by atoms with Crippen LogP contribution in [0, 0.1) is 17.5 Å². The van der Waals surface area contributed by atoms with Gasteiger partial charge in [-0.05, 0) is 0 Å². The average molecular weight is 187 g/mol. The Kier molecular flexibility index (Phi) is 2.72. The molecule has 0 heterocycles. The van der Waals surface area contributed by atoms with Crippen LogP contribution in [0.15, 0.2) is 24.8 Å². The molecule has 0 bridgehead atoms. The molecule has 0 spiro atoms. The summed E-state index contributed by atoms with van der Waals surface area (Å²) in [5.74, 6) is -2.95. The van der Waals surface area contributed by atoms with E-state index in [-0.39, 0.29) is 5.56 Å². The standard InChI is InChI=1S/C9H8F3N/c1-2-8(13)9-6(11)3-5(10)4-7(9)12/h2-4,8H,1,13H2. The third kappa shape index (κ3) is 1.89. The van der Waals surface area contributed by atoms with E-state index in [1.807, 2.05) is 0 Å². The van der Waals surface area contributed by atoms with Gasteiger partial charge in [-0.15, -0.1) is 6.58 Å². The second kappa shape index (κ2) is 3.62. The lowest BCUT2D eigenvalue weighted by atomic mass is 10.1. The minimum absolute atomic E-state index is 0.364. The summed E-state index contributed by atoms with van der Waals surface area (Å²) < 4.78 is 38.3. The van der Waals surface area contributed by atoms with Gasteiger partial charge in [0.1, 0.15) is 17.5 Å². The number of benzene rings is 1. The predicted molar refractivity (Wildman–Crippen MR) is 43.4 cm³/mol. The summed E-state index contributed by atoms with van der Waals surface area (Å²) >= 11 is 0. The van der Waals surface area contributed by atoms with Crippen molar-refractivity contribution in [3.05, 3.63) is 47.8 Å². The Balaban J connectivity index is 3.28. The van der Waals surface area contributed by atoms with Crippen LogP contribution in [-0.4, -0.2) is 0 Å². The highest BCUT2D eigenvalue weighted by atomic mass is 19.1. The molecule has 4 heteroatoms. The van der Waals surface area contributed by atoms with Gasteiger partial charge in [-0.2, -0.15) is 0 Å². The van der Waals surface area contributed by atoms with Gasteiger partial charge in [0, 0.05) is 17.7 Å². The number of nitrogens with two attached hydrogens (primary N) is 1. The van der Waals surface area contributed by atoms with Gasteiger partial charge in [0.05, 0.1) is 6.04 Å². The molecule has 0 fully saturated rings. The van der Waals surface area contributed by atoms with Crippen LogP contribution in [0.25, 0.3) is 0 Å². The molecule has 0 radical (unpaired) electrons. The largest absolute Gasteiger partial charge is 0.321 e. The molecule has 2 N–H and O–H groups in total. The summed E-state index contributed by atoms with van der Waals surface area (Å²) in [6.45, 7) is 3.29. The van der Waals surface area contributed by atoms with E-state index in [1.54, 1.807) is 0 Å². The summed E-state index contributed by atoms with van der Waals surface area (Å²) in [5.41, 5.74) is 4.96. The van der Waals surface area contributed by atoms with E-state index < -0.39 is 23.5 Å². The minimum atomic E-state index is -0.995. The normalized spacial score (nSPS) is 12.6.